The van der Waals surface area contributed by atoms with Crippen molar-refractivity contribution >= 4 is 0 Å². The molecule has 1 heteroatoms. The van der Waals surface area contributed by atoms with Crippen molar-refractivity contribution in [3.8, 4) is 5.75 Å². The van der Waals surface area contributed by atoms with E-state index >= 15 is 0 Å². The fraction of sp³-hybridized carbons (Fsp3) is 0.778. The van der Waals surface area contributed by atoms with Gasteiger partial charge in [0.05, 0.1) is 0 Å². The fourth-order valence-electron chi connectivity index (χ4n) is 4.40. The Morgan fingerprint density at radius 1 is 0.643 bits per heavy atom. The van der Waals surface area contributed by atoms with Gasteiger partial charge in [-0.15, -0.1) is 0 Å². The van der Waals surface area contributed by atoms with E-state index in [1.807, 2.05) is 6.07 Å². The minimum Gasteiger partial charge on any atom is -0.508 e. The number of phenolic OH excluding ortho intramolecular Hbond substituents is 1. The third kappa shape index (κ3) is 9.99. The summed E-state index contributed by atoms with van der Waals surface area (Å²) in [4.78, 5) is 0. The second-order valence-electron chi connectivity index (χ2n) is 9.03. The molecule has 0 unspecified atom stereocenters. The van der Waals surface area contributed by atoms with Crippen LogP contribution in [0.2, 0.25) is 0 Å². The molecule has 28 heavy (non-hydrogen) atoms. The lowest BCUT2D eigenvalue weighted by Crippen LogP contribution is -2.03. The van der Waals surface area contributed by atoms with E-state index < -0.39 is 0 Å². The van der Waals surface area contributed by atoms with Crippen molar-refractivity contribution in [1.82, 2.24) is 0 Å². The molecule has 0 aromatic heterocycles. The molecule has 1 nitrogen and oxygen atoms in total. The van der Waals surface area contributed by atoms with Crippen LogP contribution in [0.15, 0.2) is 12.1 Å². The van der Waals surface area contributed by atoms with E-state index in [1.165, 1.54) is 113 Å². The van der Waals surface area contributed by atoms with Crippen LogP contribution in [0.4, 0.5) is 0 Å². The van der Waals surface area contributed by atoms with Gasteiger partial charge in [0.1, 0.15) is 5.75 Å². The maximum Gasteiger partial charge on any atom is 0.119 e. The molecule has 0 fully saturated rings. The van der Waals surface area contributed by atoms with E-state index in [0.29, 0.717) is 11.7 Å². The summed E-state index contributed by atoms with van der Waals surface area (Å²) in [5.41, 5.74) is 4.18. The Hall–Kier alpha value is -0.980. The van der Waals surface area contributed by atoms with Gasteiger partial charge >= 0.3 is 0 Å². The van der Waals surface area contributed by atoms with Crippen molar-refractivity contribution in [2.24, 2.45) is 0 Å². The number of hydrogen-bond acceptors (Lipinski definition) is 1. The zero-order chi connectivity index (χ0) is 20.6. The first kappa shape index (κ1) is 25.1. The molecule has 0 aliphatic carbocycles. The lowest BCUT2D eigenvalue weighted by Gasteiger charge is -2.19. The Balaban J connectivity index is 2.56. The van der Waals surface area contributed by atoms with Gasteiger partial charge in [0.15, 0.2) is 0 Å². The van der Waals surface area contributed by atoms with Crippen molar-refractivity contribution in [3.05, 3.63) is 28.8 Å². The Kier molecular flexibility index (Phi) is 14.2. The highest BCUT2D eigenvalue weighted by atomic mass is 16.3. The van der Waals surface area contributed by atoms with Gasteiger partial charge in [0, 0.05) is 0 Å². The van der Waals surface area contributed by atoms with Crippen LogP contribution in [-0.2, 0) is 12.8 Å². The van der Waals surface area contributed by atoms with Crippen molar-refractivity contribution in [3.63, 3.8) is 0 Å². The molecule has 0 saturated heterocycles. The third-order valence-corrected chi connectivity index (χ3v) is 6.09. The van der Waals surface area contributed by atoms with E-state index in [4.69, 9.17) is 0 Å². The first-order valence-corrected chi connectivity index (χ1v) is 12.4. The van der Waals surface area contributed by atoms with Crippen LogP contribution in [0.1, 0.15) is 140 Å². The average molecular weight is 389 g/mol. The highest BCUT2D eigenvalue weighted by Crippen LogP contribution is 2.33. The highest BCUT2D eigenvalue weighted by molar-refractivity contribution is 5.46. The summed E-state index contributed by atoms with van der Waals surface area (Å²) in [6.45, 7) is 9.01. The number of hydrogen-bond donors (Lipinski definition) is 1. The predicted octanol–water partition coefficient (Wildman–Crippen LogP) is 9.10. The molecule has 162 valence electrons. The second-order valence-corrected chi connectivity index (χ2v) is 9.03. The number of benzene rings is 1. The molecule has 0 spiro atoms. The number of aryl methyl sites for hydroxylation is 1. The van der Waals surface area contributed by atoms with Gasteiger partial charge in [0.2, 0.25) is 0 Å². The van der Waals surface area contributed by atoms with Gasteiger partial charge in [-0.1, -0.05) is 111 Å². The van der Waals surface area contributed by atoms with Gasteiger partial charge in [-0.25, -0.2) is 0 Å². The van der Waals surface area contributed by atoms with Gasteiger partial charge in [-0.2, -0.15) is 0 Å². The zero-order valence-electron chi connectivity index (χ0n) is 19.5. The number of unbranched alkanes of at least 4 members (excludes halogenated alkanes) is 12. The highest BCUT2D eigenvalue weighted by Gasteiger charge is 2.15. The molecule has 0 bridgehead atoms. The number of rotatable bonds is 17. The van der Waals surface area contributed by atoms with Crippen molar-refractivity contribution in [2.75, 3.05) is 0 Å². The van der Waals surface area contributed by atoms with Gasteiger partial charge in [-0.3, -0.25) is 0 Å². The molecule has 0 atom stereocenters. The molecule has 0 amide bonds. The molecule has 0 aliphatic heterocycles. The van der Waals surface area contributed by atoms with E-state index in [-0.39, 0.29) is 0 Å². The first-order chi connectivity index (χ1) is 13.6. The Morgan fingerprint density at radius 2 is 1.11 bits per heavy atom. The standard InChI is InChI=1S/C27H48O/c1-5-7-9-11-13-15-17-19-24-21-22-26(28)27(23(3)4)25(24)20-18-16-14-12-10-8-6-2/h21-23,28H,5-20H2,1-4H3. The summed E-state index contributed by atoms with van der Waals surface area (Å²) in [5, 5.41) is 10.5. The van der Waals surface area contributed by atoms with Crippen LogP contribution in [0.3, 0.4) is 0 Å². The molecular weight excluding hydrogens is 340 g/mol. The number of phenols is 1. The summed E-state index contributed by atoms with van der Waals surface area (Å²) in [7, 11) is 0. The predicted molar refractivity (Wildman–Crippen MR) is 126 cm³/mol. The summed E-state index contributed by atoms with van der Waals surface area (Å²) < 4.78 is 0. The maximum atomic E-state index is 10.5. The van der Waals surface area contributed by atoms with Crippen LogP contribution >= 0.6 is 0 Å². The lowest BCUT2D eigenvalue weighted by atomic mass is 9.87. The largest absolute Gasteiger partial charge is 0.508 e. The number of aromatic hydroxyl groups is 1. The van der Waals surface area contributed by atoms with Gasteiger partial charge in [0.25, 0.3) is 0 Å². The monoisotopic (exact) mass is 388 g/mol. The van der Waals surface area contributed by atoms with E-state index in [2.05, 4.69) is 33.8 Å². The first-order valence-electron chi connectivity index (χ1n) is 12.4. The SMILES string of the molecule is CCCCCCCCCc1ccc(O)c(C(C)C)c1CCCCCCCCC. The molecule has 1 aromatic carbocycles. The lowest BCUT2D eigenvalue weighted by molar-refractivity contribution is 0.462. The quantitative estimate of drug-likeness (QED) is 0.264. The summed E-state index contributed by atoms with van der Waals surface area (Å²) in [6.07, 6.45) is 21.3. The van der Waals surface area contributed by atoms with E-state index in [9.17, 15) is 5.11 Å². The average Bonchev–Trinajstić information content (AvgIpc) is 2.67. The molecule has 1 N–H and O–H groups in total. The zero-order valence-corrected chi connectivity index (χ0v) is 19.5. The molecule has 1 rings (SSSR count). The van der Waals surface area contributed by atoms with Gasteiger partial charge in [-0.05, 0) is 54.4 Å². The minimum absolute atomic E-state index is 0.397. The summed E-state index contributed by atoms with van der Waals surface area (Å²) >= 11 is 0. The normalized spacial score (nSPS) is 11.5. The van der Waals surface area contributed by atoms with Crippen LogP contribution in [0.25, 0.3) is 0 Å². The van der Waals surface area contributed by atoms with Crippen molar-refractivity contribution in [2.45, 2.75) is 136 Å². The van der Waals surface area contributed by atoms with Crippen LogP contribution < -0.4 is 0 Å². The van der Waals surface area contributed by atoms with E-state index in [0.717, 1.165) is 6.42 Å². The molecule has 1 aromatic rings. The molecule has 0 aliphatic rings. The molecule has 0 saturated carbocycles. The molecule has 0 radical (unpaired) electrons. The summed E-state index contributed by atoms with van der Waals surface area (Å²) in [5.74, 6) is 0.907. The third-order valence-electron chi connectivity index (χ3n) is 6.09. The molecular formula is C27H48O. The topological polar surface area (TPSA) is 20.2 Å². The molecule has 0 heterocycles. The van der Waals surface area contributed by atoms with Crippen molar-refractivity contribution < 1.29 is 5.11 Å². The van der Waals surface area contributed by atoms with E-state index in [1.54, 1.807) is 0 Å². The Bertz CT molecular complexity index is 503. The maximum absolute atomic E-state index is 10.5. The van der Waals surface area contributed by atoms with Crippen LogP contribution in [0.5, 0.6) is 5.75 Å². The second kappa shape index (κ2) is 15.9. The van der Waals surface area contributed by atoms with Gasteiger partial charge < -0.3 is 5.11 Å². The minimum atomic E-state index is 0.397. The van der Waals surface area contributed by atoms with Crippen LogP contribution in [-0.4, -0.2) is 5.11 Å². The Morgan fingerprint density at radius 3 is 1.61 bits per heavy atom. The fourth-order valence-corrected chi connectivity index (χ4v) is 4.40. The Labute approximate surface area is 176 Å². The van der Waals surface area contributed by atoms with Crippen molar-refractivity contribution in [1.29, 1.82) is 0 Å². The van der Waals surface area contributed by atoms with Crippen LogP contribution in [0, 0.1) is 0 Å². The smallest absolute Gasteiger partial charge is 0.119 e. The summed E-state index contributed by atoms with van der Waals surface area (Å²) in [6, 6.07) is 4.15.